The first-order valence-electron chi connectivity index (χ1n) is 5.53. The summed E-state index contributed by atoms with van der Waals surface area (Å²) in [6, 6.07) is 7.75. The number of hydrogen-bond acceptors (Lipinski definition) is 3. The molecule has 0 aliphatic heterocycles. The molecule has 2 heterocycles. The van der Waals surface area contributed by atoms with E-state index in [0.717, 1.165) is 24.2 Å². The van der Waals surface area contributed by atoms with E-state index in [1.807, 2.05) is 18.2 Å². The van der Waals surface area contributed by atoms with Crippen molar-refractivity contribution in [2.45, 2.75) is 18.9 Å². The van der Waals surface area contributed by atoms with E-state index in [9.17, 15) is 4.79 Å². The lowest BCUT2D eigenvalue weighted by molar-refractivity contribution is 0.685. The van der Waals surface area contributed by atoms with Gasteiger partial charge in [-0.15, -0.1) is 0 Å². The maximum absolute atomic E-state index is 11.9. The lowest BCUT2D eigenvalue weighted by atomic mass is 10.2. The Bertz CT molecular complexity index is 655. The second-order valence-corrected chi connectivity index (χ2v) is 4.58. The summed E-state index contributed by atoms with van der Waals surface area (Å²) < 4.78 is 2.21. The summed E-state index contributed by atoms with van der Waals surface area (Å²) in [5.41, 5.74) is 1.46. The van der Waals surface area contributed by atoms with Crippen LogP contribution in [-0.2, 0) is 0 Å². The third kappa shape index (κ3) is 1.93. The van der Waals surface area contributed by atoms with Crippen LogP contribution in [0.1, 0.15) is 18.9 Å². The Labute approximate surface area is 103 Å². The van der Waals surface area contributed by atoms with Gasteiger partial charge in [-0.3, -0.25) is 14.5 Å². The molecule has 0 spiro atoms. The molecule has 2 aromatic heterocycles. The number of aromatic nitrogens is 3. The van der Waals surface area contributed by atoms with Gasteiger partial charge in [0.25, 0.3) is 0 Å². The summed E-state index contributed by atoms with van der Waals surface area (Å²) in [5, 5.41) is 0. The van der Waals surface area contributed by atoms with Gasteiger partial charge in [-0.1, -0.05) is 18.3 Å². The van der Waals surface area contributed by atoms with Gasteiger partial charge in [0.15, 0.2) is 0 Å². The third-order valence-electron chi connectivity index (χ3n) is 2.82. The van der Waals surface area contributed by atoms with Crippen molar-refractivity contribution in [2.75, 3.05) is 0 Å². The molecule has 1 N–H and O–H groups in total. The summed E-state index contributed by atoms with van der Waals surface area (Å²) in [4.78, 5) is 18.9. The van der Waals surface area contributed by atoms with E-state index >= 15 is 0 Å². The average molecular weight is 245 g/mol. The molecule has 17 heavy (non-hydrogen) atoms. The second kappa shape index (κ2) is 3.92. The van der Waals surface area contributed by atoms with Crippen LogP contribution in [0.2, 0.25) is 0 Å². The highest BCUT2D eigenvalue weighted by Crippen LogP contribution is 2.36. The van der Waals surface area contributed by atoms with E-state index in [1.165, 1.54) is 0 Å². The molecule has 5 heteroatoms. The molecular weight excluding hydrogens is 234 g/mol. The average Bonchev–Trinajstić information content (AvgIpc) is 3.13. The molecule has 3 rings (SSSR count). The molecule has 0 unspecified atom stereocenters. The Kier molecular flexibility index (Phi) is 2.40. The van der Waals surface area contributed by atoms with Gasteiger partial charge < -0.3 is 0 Å². The maximum atomic E-state index is 11.9. The molecule has 0 amide bonds. The highest BCUT2D eigenvalue weighted by atomic mass is 32.1. The molecule has 0 atom stereocenters. The first-order chi connectivity index (χ1) is 8.25. The van der Waals surface area contributed by atoms with Crippen molar-refractivity contribution < 1.29 is 0 Å². The minimum atomic E-state index is -0.138. The van der Waals surface area contributed by atoms with Crippen LogP contribution >= 0.6 is 12.2 Å². The molecule has 2 aromatic rings. The Morgan fingerprint density at radius 1 is 1.41 bits per heavy atom. The largest absolute Gasteiger partial charge is 0.327 e. The van der Waals surface area contributed by atoms with Crippen molar-refractivity contribution in [3.63, 3.8) is 0 Å². The van der Waals surface area contributed by atoms with Crippen molar-refractivity contribution in [2.24, 2.45) is 0 Å². The SMILES string of the molecule is O=c1[nH]c(=S)cc(-c2ccccn2)n1C1CC1. The van der Waals surface area contributed by atoms with Crippen LogP contribution in [0.4, 0.5) is 0 Å². The molecule has 1 aliphatic carbocycles. The molecular formula is C12H11N3OS. The van der Waals surface area contributed by atoms with Crippen molar-refractivity contribution in [3.8, 4) is 11.4 Å². The lowest BCUT2D eigenvalue weighted by Gasteiger charge is -2.10. The van der Waals surface area contributed by atoms with Crippen molar-refractivity contribution in [3.05, 3.63) is 45.6 Å². The van der Waals surface area contributed by atoms with Gasteiger partial charge in [0.2, 0.25) is 0 Å². The number of nitrogens with one attached hydrogen (secondary N) is 1. The first-order valence-corrected chi connectivity index (χ1v) is 5.94. The van der Waals surface area contributed by atoms with E-state index in [4.69, 9.17) is 12.2 Å². The number of aromatic amines is 1. The monoisotopic (exact) mass is 245 g/mol. The number of rotatable bonds is 2. The van der Waals surface area contributed by atoms with E-state index in [1.54, 1.807) is 16.8 Å². The quantitative estimate of drug-likeness (QED) is 0.826. The zero-order valence-electron chi connectivity index (χ0n) is 9.09. The van der Waals surface area contributed by atoms with Gasteiger partial charge in [0.1, 0.15) is 4.64 Å². The second-order valence-electron chi connectivity index (χ2n) is 4.14. The number of pyridine rings is 1. The van der Waals surface area contributed by atoms with E-state index in [2.05, 4.69) is 9.97 Å². The van der Waals surface area contributed by atoms with Crippen LogP contribution in [0.5, 0.6) is 0 Å². The number of nitrogens with zero attached hydrogens (tertiary/aromatic N) is 2. The molecule has 1 fully saturated rings. The van der Waals surface area contributed by atoms with Crippen molar-refractivity contribution >= 4 is 12.2 Å². The Balaban J connectivity index is 2.28. The van der Waals surface area contributed by atoms with Crippen LogP contribution in [0, 0.1) is 4.64 Å². The molecule has 4 nitrogen and oxygen atoms in total. The fourth-order valence-corrected chi connectivity index (χ4v) is 2.11. The van der Waals surface area contributed by atoms with Gasteiger partial charge >= 0.3 is 5.69 Å². The standard InChI is InChI=1S/C12H11N3OS/c16-12-14-11(17)7-10(15(12)8-4-5-8)9-3-1-2-6-13-9/h1-3,6-8H,4-5H2,(H,14,16,17). The van der Waals surface area contributed by atoms with Gasteiger partial charge in [0, 0.05) is 12.2 Å². The molecule has 0 radical (unpaired) electrons. The zero-order valence-corrected chi connectivity index (χ0v) is 9.91. The first kappa shape index (κ1) is 10.4. The Hall–Kier alpha value is -1.75. The summed E-state index contributed by atoms with van der Waals surface area (Å²) in [5.74, 6) is 0. The van der Waals surface area contributed by atoms with E-state index in [-0.39, 0.29) is 5.69 Å². The van der Waals surface area contributed by atoms with Crippen LogP contribution in [0.25, 0.3) is 11.4 Å². The molecule has 0 aromatic carbocycles. The molecule has 1 aliphatic rings. The predicted molar refractivity (Wildman–Crippen MR) is 67.4 cm³/mol. The van der Waals surface area contributed by atoms with E-state index < -0.39 is 0 Å². The topological polar surface area (TPSA) is 50.7 Å². The van der Waals surface area contributed by atoms with Crippen molar-refractivity contribution in [1.82, 2.24) is 14.5 Å². The third-order valence-corrected chi connectivity index (χ3v) is 3.04. The summed E-state index contributed by atoms with van der Waals surface area (Å²) in [6.07, 6.45) is 3.81. The minimum Gasteiger partial charge on any atom is -0.298 e. The summed E-state index contributed by atoms with van der Waals surface area (Å²) >= 11 is 5.06. The minimum absolute atomic E-state index is 0.138. The number of hydrogen-bond donors (Lipinski definition) is 1. The smallest absolute Gasteiger partial charge is 0.298 e. The fourth-order valence-electron chi connectivity index (χ4n) is 1.91. The fraction of sp³-hybridized carbons (Fsp3) is 0.250. The lowest BCUT2D eigenvalue weighted by Crippen LogP contribution is -2.23. The molecule has 0 bridgehead atoms. The Morgan fingerprint density at radius 3 is 2.88 bits per heavy atom. The molecule has 86 valence electrons. The molecule has 1 saturated carbocycles. The Morgan fingerprint density at radius 2 is 2.24 bits per heavy atom. The predicted octanol–water partition coefficient (Wildman–Crippen LogP) is 2.30. The summed E-state index contributed by atoms with van der Waals surface area (Å²) in [6.45, 7) is 0. The van der Waals surface area contributed by atoms with Gasteiger partial charge in [-0.2, -0.15) is 0 Å². The van der Waals surface area contributed by atoms with Gasteiger partial charge in [0.05, 0.1) is 11.4 Å². The van der Waals surface area contributed by atoms with Gasteiger partial charge in [-0.25, -0.2) is 4.79 Å². The normalized spacial score (nSPS) is 14.8. The van der Waals surface area contributed by atoms with E-state index in [0.29, 0.717) is 10.7 Å². The maximum Gasteiger partial charge on any atom is 0.327 e. The van der Waals surface area contributed by atoms with Crippen LogP contribution < -0.4 is 5.69 Å². The van der Waals surface area contributed by atoms with Crippen LogP contribution in [0.15, 0.2) is 35.3 Å². The van der Waals surface area contributed by atoms with Crippen LogP contribution in [-0.4, -0.2) is 14.5 Å². The number of H-pyrrole nitrogens is 1. The van der Waals surface area contributed by atoms with Gasteiger partial charge in [-0.05, 0) is 31.0 Å². The highest BCUT2D eigenvalue weighted by Gasteiger charge is 2.27. The molecule has 0 saturated heterocycles. The highest BCUT2D eigenvalue weighted by molar-refractivity contribution is 7.71. The summed E-state index contributed by atoms with van der Waals surface area (Å²) in [7, 11) is 0. The zero-order chi connectivity index (χ0) is 11.8. The van der Waals surface area contributed by atoms with Crippen molar-refractivity contribution in [1.29, 1.82) is 0 Å². The van der Waals surface area contributed by atoms with Crippen LogP contribution in [0.3, 0.4) is 0 Å².